The maximum Gasteiger partial charge on any atom is 0.102 e. The van der Waals surface area contributed by atoms with Crippen LogP contribution in [0.4, 0.5) is 5.69 Å². The summed E-state index contributed by atoms with van der Waals surface area (Å²) in [6, 6.07) is 16.3. The van der Waals surface area contributed by atoms with Gasteiger partial charge in [0, 0.05) is 50.7 Å². The van der Waals surface area contributed by atoms with Gasteiger partial charge in [-0.2, -0.15) is 5.26 Å². The van der Waals surface area contributed by atoms with Crippen LogP contribution >= 0.6 is 11.6 Å². The second kappa shape index (κ2) is 6.79. The molecule has 4 nitrogen and oxygen atoms in total. The molecule has 3 heterocycles. The standard InChI is InChI=1S/C20H19ClN4/c21-18-5-1-2-7-20(18)24-11-9-23(10-12-24)14-16-15-25-8-4-3-6-19(25)17(16)13-22/h1-8,15H,9-12,14H2. The second-order valence-electron chi connectivity index (χ2n) is 6.35. The van der Waals surface area contributed by atoms with Crippen LogP contribution in [0.15, 0.2) is 54.9 Å². The van der Waals surface area contributed by atoms with Crippen molar-refractivity contribution in [3.63, 3.8) is 0 Å². The third kappa shape index (κ3) is 3.09. The highest BCUT2D eigenvalue weighted by molar-refractivity contribution is 6.33. The van der Waals surface area contributed by atoms with Crippen molar-refractivity contribution in [3.8, 4) is 6.07 Å². The van der Waals surface area contributed by atoms with Crippen molar-refractivity contribution in [2.75, 3.05) is 31.1 Å². The molecule has 25 heavy (non-hydrogen) atoms. The van der Waals surface area contributed by atoms with Crippen molar-refractivity contribution in [2.24, 2.45) is 0 Å². The lowest BCUT2D eigenvalue weighted by Gasteiger charge is -2.36. The summed E-state index contributed by atoms with van der Waals surface area (Å²) in [7, 11) is 0. The van der Waals surface area contributed by atoms with Crippen molar-refractivity contribution >= 4 is 22.8 Å². The molecule has 0 N–H and O–H groups in total. The zero-order chi connectivity index (χ0) is 17.2. The number of hydrogen-bond donors (Lipinski definition) is 0. The van der Waals surface area contributed by atoms with E-state index in [2.05, 4.69) is 28.1 Å². The molecule has 2 aromatic heterocycles. The van der Waals surface area contributed by atoms with E-state index in [1.807, 2.05) is 47.0 Å². The number of piperazine rings is 1. The lowest BCUT2D eigenvalue weighted by molar-refractivity contribution is 0.250. The van der Waals surface area contributed by atoms with Gasteiger partial charge >= 0.3 is 0 Å². The van der Waals surface area contributed by atoms with E-state index >= 15 is 0 Å². The molecule has 3 aromatic rings. The van der Waals surface area contributed by atoms with Crippen molar-refractivity contribution in [2.45, 2.75) is 6.54 Å². The number of pyridine rings is 1. The summed E-state index contributed by atoms with van der Waals surface area (Å²) in [5, 5.41) is 10.4. The molecule has 1 fully saturated rings. The average Bonchev–Trinajstić information content (AvgIpc) is 3.00. The number of fused-ring (bicyclic) bond motifs is 1. The monoisotopic (exact) mass is 350 g/mol. The summed E-state index contributed by atoms with van der Waals surface area (Å²) in [4.78, 5) is 4.74. The molecule has 0 amide bonds. The van der Waals surface area contributed by atoms with E-state index in [0.717, 1.165) is 60.1 Å². The topological polar surface area (TPSA) is 34.7 Å². The van der Waals surface area contributed by atoms with Crippen LogP contribution in [0.2, 0.25) is 5.02 Å². The van der Waals surface area contributed by atoms with E-state index in [0.29, 0.717) is 0 Å². The maximum absolute atomic E-state index is 9.55. The second-order valence-corrected chi connectivity index (χ2v) is 6.76. The number of halogens is 1. The molecular weight excluding hydrogens is 332 g/mol. The number of aromatic nitrogens is 1. The molecule has 0 bridgehead atoms. The van der Waals surface area contributed by atoms with Crippen LogP contribution in [0.5, 0.6) is 0 Å². The highest BCUT2D eigenvalue weighted by Crippen LogP contribution is 2.27. The van der Waals surface area contributed by atoms with Gasteiger partial charge in [0.15, 0.2) is 0 Å². The first-order valence-corrected chi connectivity index (χ1v) is 8.84. The minimum Gasteiger partial charge on any atom is -0.368 e. The Morgan fingerprint density at radius 1 is 1.00 bits per heavy atom. The Morgan fingerprint density at radius 3 is 2.52 bits per heavy atom. The van der Waals surface area contributed by atoms with Gasteiger partial charge in [-0.05, 0) is 24.3 Å². The fourth-order valence-corrected chi connectivity index (χ4v) is 3.78. The third-order valence-corrected chi connectivity index (χ3v) is 5.15. The number of benzene rings is 1. The summed E-state index contributed by atoms with van der Waals surface area (Å²) >= 11 is 6.31. The molecule has 0 atom stereocenters. The van der Waals surface area contributed by atoms with Crippen molar-refractivity contribution in [1.82, 2.24) is 9.30 Å². The van der Waals surface area contributed by atoms with E-state index in [4.69, 9.17) is 11.6 Å². The quantitative estimate of drug-likeness (QED) is 0.721. The Balaban J connectivity index is 1.48. The maximum atomic E-state index is 9.55. The lowest BCUT2D eigenvalue weighted by atomic mass is 10.1. The minimum atomic E-state index is 0.786. The molecular formula is C20H19ClN4. The van der Waals surface area contributed by atoms with Gasteiger partial charge in [-0.15, -0.1) is 0 Å². The molecule has 0 unspecified atom stereocenters. The number of para-hydroxylation sites is 1. The van der Waals surface area contributed by atoms with Gasteiger partial charge in [0.1, 0.15) is 6.07 Å². The lowest BCUT2D eigenvalue weighted by Crippen LogP contribution is -2.46. The van der Waals surface area contributed by atoms with Gasteiger partial charge < -0.3 is 9.30 Å². The Kier molecular flexibility index (Phi) is 4.35. The van der Waals surface area contributed by atoms with Crippen molar-refractivity contribution in [1.29, 1.82) is 5.26 Å². The van der Waals surface area contributed by atoms with Crippen LogP contribution in [0.25, 0.3) is 5.52 Å². The van der Waals surface area contributed by atoms with Crippen LogP contribution in [0, 0.1) is 11.3 Å². The molecule has 5 heteroatoms. The smallest absolute Gasteiger partial charge is 0.102 e. The minimum absolute atomic E-state index is 0.786. The Morgan fingerprint density at radius 2 is 1.76 bits per heavy atom. The Hall–Kier alpha value is -2.48. The molecule has 1 aliphatic heterocycles. The fourth-order valence-electron chi connectivity index (χ4n) is 3.52. The van der Waals surface area contributed by atoms with Crippen LogP contribution in [-0.4, -0.2) is 35.5 Å². The molecule has 1 aromatic carbocycles. The Bertz CT molecular complexity index is 932. The molecule has 0 spiro atoms. The SMILES string of the molecule is N#Cc1c(CN2CCN(c3ccccc3Cl)CC2)cn2ccccc12. The largest absolute Gasteiger partial charge is 0.368 e. The van der Waals surface area contributed by atoms with E-state index in [1.165, 1.54) is 0 Å². The fraction of sp³-hybridized carbons (Fsp3) is 0.250. The van der Waals surface area contributed by atoms with Crippen LogP contribution in [-0.2, 0) is 6.54 Å². The van der Waals surface area contributed by atoms with Gasteiger partial charge in [-0.25, -0.2) is 0 Å². The van der Waals surface area contributed by atoms with Crippen LogP contribution in [0.1, 0.15) is 11.1 Å². The van der Waals surface area contributed by atoms with Gasteiger partial charge in [-0.3, -0.25) is 4.90 Å². The molecule has 126 valence electrons. The molecule has 0 radical (unpaired) electrons. The van der Waals surface area contributed by atoms with Crippen LogP contribution < -0.4 is 4.90 Å². The summed E-state index contributed by atoms with van der Waals surface area (Å²) in [5.41, 5.74) is 3.97. The van der Waals surface area contributed by atoms with E-state index < -0.39 is 0 Å². The third-order valence-electron chi connectivity index (χ3n) is 4.83. The predicted molar refractivity (Wildman–Crippen MR) is 101 cm³/mol. The average molecular weight is 351 g/mol. The van der Waals surface area contributed by atoms with Gasteiger partial charge in [0.2, 0.25) is 0 Å². The van der Waals surface area contributed by atoms with Crippen molar-refractivity contribution in [3.05, 3.63) is 71.0 Å². The molecule has 1 aliphatic rings. The normalized spacial score (nSPS) is 15.4. The molecule has 1 saturated heterocycles. The first kappa shape index (κ1) is 16.0. The first-order valence-electron chi connectivity index (χ1n) is 8.47. The summed E-state index contributed by atoms with van der Waals surface area (Å²) in [6.07, 6.45) is 4.07. The van der Waals surface area contributed by atoms with E-state index in [1.54, 1.807) is 0 Å². The number of nitriles is 1. The number of nitrogens with zero attached hydrogens (tertiary/aromatic N) is 4. The zero-order valence-electron chi connectivity index (χ0n) is 13.9. The highest BCUT2D eigenvalue weighted by Gasteiger charge is 2.20. The van der Waals surface area contributed by atoms with Gasteiger partial charge in [0.05, 0.1) is 21.8 Å². The molecule has 0 saturated carbocycles. The molecule has 4 rings (SSSR count). The molecule has 0 aliphatic carbocycles. The Labute approximate surface area is 152 Å². The summed E-state index contributed by atoms with van der Waals surface area (Å²) in [5.74, 6) is 0. The number of rotatable bonds is 3. The summed E-state index contributed by atoms with van der Waals surface area (Å²) < 4.78 is 2.04. The van der Waals surface area contributed by atoms with E-state index in [-0.39, 0.29) is 0 Å². The first-order chi connectivity index (χ1) is 12.3. The number of hydrogen-bond acceptors (Lipinski definition) is 3. The highest BCUT2D eigenvalue weighted by atomic mass is 35.5. The van der Waals surface area contributed by atoms with Gasteiger partial charge in [0.25, 0.3) is 0 Å². The van der Waals surface area contributed by atoms with E-state index in [9.17, 15) is 5.26 Å². The zero-order valence-corrected chi connectivity index (χ0v) is 14.7. The van der Waals surface area contributed by atoms with Crippen molar-refractivity contribution < 1.29 is 0 Å². The predicted octanol–water partition coefficient (Wildman–Crippen LogP) is 3.79. The number of anilines is 1. The summed E-state index contributed by atoms with van der Waals surface area (Å²) in [6.45, 7) is 4.61. The van der Waals surface area contributed by atoms with Gasteiger partial charge in [-0.1, -0.05) is 29.8 Å². The van der Waals surface area contributed by atoms with Crippen LogP contribution in [0.3, 0.4) is 0 Å².